The lowest BCUT2D eigenvalue weighted by Crippen LogP contribution is -2.30. The monoisotopic (exact) mass is 115 g/mol. The summed E-state index contributed by atoms with van der Waals surface area (Å²) in [7, 11) is 0. The van der Waals surface area contributed by atoms with Crippen molar-refractivity contribution in [2.45, 2.75) is 13.2 Å². The summed E-state index contributed by atoms with van der Waals surface area (Å²) in [4.78, 5) is 10.1. The summed E-state index contributed by atoms with van der Waals surface area (Å²) in [6.07, 6.45) is 0.328. The maximum Gasteiger partial charge on any atom is 0.219 e. The van der Waals surface area contributed by atoms with E-state index in [1.54, 1.807) is 0 Å². The first-order chi connectivity index (χ1) is 3.66. The molecule has 1 atom stereocenters. The zero-order chi connectivity index (χ0) is 6.57. The van der Waals surface area contributed by atoms with Gasteiger partial charge in [-0.05, 0) is 6.08 Å². The number of hydrogen-bond acceptors (Lipinski definition) is 2. The molecule has 0 aliphatic carbocycles. The molecule has 3 heteroatoms. The minimum Gasteiger partial charge on any atom is -0.370 e. The van der Waals surface area contributed by atoms with Crippen molar-refractivity contribution in [1.82, 2.24) is 5.32 Å². The maximum atomic E-state index is 10.1. The van der Waals surface area contributed by atoms with Crippen LogP contribution < -0.4 is 5.32 Å². The third-order valence-corrected chi connectivity index (χ3v) is 0.574. The Balaban J connectivity index is 3.38. The molecule has 0 radical (unpaired) electrons. The van der Waals surface area contributed by atoms with E-state index in [-0.39, 0.29) is 5.91 Å². The number of aliphatic hydroxyl groups is 1. The van der Waals surface area contributed by atoms with Gasteiger partial charge in [0, 0.05) is 6.92 Å². The molecular weight excluding hydrogens is 106 g/mol. The van der Waals surface area contributed by atoms with Crippen molar-refractivity contribution in [1.29, 1.82) is 0 Å². The Labute approximate surface area is 48.0 Å². The molecule has 0 spiro atoms. The normalized spacial score (nSPS) is 12.2. The minimum atomic E-state index is -0.910. The Hall–Kier alpha value is -0.830. The maximum absolute atomic E-state index is 10.1. The van der Waals surface area contributed by atoms with Gasteiger partial charge in [0.2, 0.25) is 5.91 Å². The molecule has 0 saturated carbocycles. The number of carbonyl (C=O) groups is 1. The molecule has 3 nitrogen and oxygen atoms in total. The molecule has 0 rings (SSSR count). The molecule has 0 bridgehead atoms. The fourth-order valence-electron chi connectivity index (χ4n) is 0.267. The van der Waals surface area contributed by atoms with Gasteiger partial charge >= 0.3 is 0 Å². The molecule has 0 aliphatic heterocycles. The molecule has 0 aromatic heterocycles. The minimum absolute atomic E-state index is 0.266. The highest BCUT2D eigenvalue weighted by Crippen LogP contribution is 1.74. The lowest BCUT2D eigenvalue weighted by Gasteiger charge is -2.02. The summed E-state index contributed by atoms with van der Waals surface area (Å²) >= 11 is 0. The van der Waals surface area contributed by atoms with Gasteiger partial charge < -0.3 is 10.4 Å². The first kappa shape index (κ1) is 7.17. The summed E-state index contributed by atoms with van der Waals surface area (Å²) in [6, 6.07) is 0. The van der Waals surface area contributed by atoms with Crippen LogP contribution in [0.15, 0.2) is 12.7 Å². The largest absolute Gasteiger partial charge is 0.370 e. The van der Waals surface area contributed by atoms with Gasteiger partial charge in [0.05, 0.1) is 0 Å². The third kappa shape index (κ3) is 3.36. The third-order valence-electron chi connectivity index (χ3n) is 0.574. The summed E-state index contributed by atoms with van der Waals surface area (Å²) in [5, 5.41) is 10.8. The molecular formula is C5H9NO2. The van der Waals surface area contributed by atoms with Crippen LogP contribution in [0, 0.1) is 0 Å². The standard InChI is InChI=1S/C5H9NO2/c1-3-5(8)6-4(2)7/h3,5,8H,1H2,2H3,(H,6,7). The highest BCUT2D eigenvalue weighted by Gasteiger charge is 1.95. The molecule has 2 N–H and O–H groups in total. The van der Waals surface area contributed by atoms with Gasteiger partial charge in [-0.15, -0.1) is 0 Å². The van der Waals surface area contributed by atoms with E-state index in [4.69, 9.17) is 5.11 Å². The lowest BCUT2D eigenvalue weighted by molar-refractivity contribution is -0.121. The van der Waals surface area contributed by atoms with Crippen LogP contribution in [0.25, 0.3) is 0 Å². The van der Waals surface area contributed by atoms with Crippen molar-refractivity contribution in [2.24, 2.45) is 0 Å². The van der Waals surface area contributed by atoms with Gasteiger partial charge in [0.15, 0.2) is 0 Å². The molecule has 8 heavy (non-hydrogen) atoms. The van der Waals surface area contributed by atoms with Gasteiger partial charge in [-0.2, -0.15) is 0 Å². The first-order valence-corrected chi connectivity index (χ1v) is 2.24. The van der Waals surface area contributed by atoms with Crippen LogP contribution in [-0.4, -0.2) is 17.2 Å². The Morgan fingerprint density at radius 2 is 2.50 bits per heavy atom. The van der Waals surface area contributed by atoms with Gasteiger partial charge in [0.25, 0.3) is 0 Å². The Morgan fingerprint density at radius 1 is 2.00 bits per heavy atom. The smallest absolute Gasteiger partial charge is 0.219 e. The van der Waals surface area contributed by atoms with E-state index < -0.39 is 6.23 Å². The second kappa shape index (κ2) is 3.21. The van der Waals surface area contributed by atoms with E-state index in [1.165, 1.54) is 13.0 Å². The molecule has 46 valence electrons. The highest BCUT2D eigenvalue weighted by atomic mass is 16.3. The lowest BCUT2D eigenvalue weighted by atomic mass is 10.5. The second-order valence-corrected chi connectivity index (χ2v) is 1.38. The number of carbonyl (C=O) groups excluding carboxylic acids is 1. The van der Waals surface area contributed by atoms with Crippen molar-refractivity contribution in [2.75, 3.05) is 0 Å². The second-order valence-electron chi connectivity index (χ2n) is 1.38. The number of aliphatic hydroxyl groups excluding tert-OH is 1. The van der Waals surface area contributed by atoms with Crippen LogP contribution in [0.1, 0.15) is 6.92 Å². The van der Waals surface area contributed by atoms with E-state index in [0.717, 1.165) is 0 Å². The van der Waals surface area contributed by atoms with Crippen LogP contribution >= 0.6 is 0 Å². The van der Waals surface area contributed by atoms with Gasteiger partial charge in [0.1, 0.15) is 6.23 Å². The summed E-state index contributed by atoms with van der Waals surface area (Å²) in [5.74, 6) is -0.266. The molecule has 0 heterocycles. The zero-order valence-electron chi connectivity index (χ0n) is 4.72. The SMILES string of the molecule is C=CC(O)NC(C)=O. The average Bonchev–Trinajstić information content (AvgIpc) is 1.65. The van der Waals surface area contributed by atoms with E-state index >= 15 is 0 Å². The Morgan fingerprint density at radius 3 is 2.62 bits per heavy atom. The highest BCUT2D eigenvalue weighted by molar-refractivity contribution is 5.73. The Kier molecular flexibility index (Phi) is 2.88. The molecule has 0 aromatic rings. The fourth-order valence-corrected chi connectivity index (χ4v) is 0.267. The number of nitrogens with one attached hydrogen (secondary N) is 1. The average molecular weight is 115 g/mol. The topological polar surface area (TPSA) is 49.3 Å². The molecule has 0 fully saturated rings. The number of amides is 1. The van der Waals surface area contributed by atoms with Crippen LogP contribution in [0.2, 0.25) is 0 Å². The van der Waals surface area contributed by atoms with Gasteiger partial charge in [-0.25, -0.2) is 0 Å². The van der Waals surface area contributed by atoms with Crippen molar-refractivity contribution < 1.29 is 9.90 Å². The van der Waals surface area contributed by atoms with Gasteiger partial charge in [-0.1, -0.05) is 6.58 Å². The fraction of sp³-hybridized carbons (Fsp3) is 0.400. The van der Waals surface area contributed by atoms with Crippen LogP contribution in [0.5, 0.6) is 0 Å². The van der Waals surface area contributed by atoms with Crippen molar-refractivity contribution in [3.05, 3.63) is 12.7 Å². The van der Waals surface area contributed by atoms with Crippen LogP contribution in [0.4, 0.5) is 0 Å². The predicted octanol–water partition coefficient (Wildman–Crippen LogP) is -0.373. The van der Waals surface area contributed by atoms with Crippen LogP contribution in [-0.2, 0) is 4.79 Å². The molecule has 1 amide bonds. The quantitative estimate of drug-likeness (QED) is 0.381. The first-order valence-electron chi connectivity index (χ1n) is 2.24. The predicted molar refractivity (Wildman–Crippen MR) is 30.0 cm³/mol. The van der Waals surface area contributed by atoms with Gasteiger partial charge in [-0.3, -0.25) is 4.79 Å². The molecule has 0 aromatic carbocycles. The van der Waals surface area contributed by atoms with E-state index in [9.17, 15) is 4.79 Å². The van der Waals surface area contributed by atoms with E-state index in [0.29, 0.717) is 0 Å². The van der Waals surface area contributed by atoms with Crippen molar-refractivity contribution >= 4 is 5.91 Å². The van der Waals surface area contributed by atoms with Crippen molar-refractivity contribution in [3.63, 3.8) is 0 Å². The van der Waals surface area contributed by atoms with E-state index in [1.807, 2.05) is 0 Å². The summed E-state index contributed by atoms with van der Waals surface area (Å²) in [5.41, 5.74) is 0. The van der Waals surface area contributed by atoms with Crippen molar-refractivity contribution in [3.8, 4) is 0 Å². The Bertz CT molecular complexity index is 101. The molecule has 0 aliphatic rings. The number of rotatable bonds is 2. The van der Waals surface area contributed by atoms with Crippen LogP contribution in [0.3, 0.4) is 0 Å². The van der Waals surface area contributed by atoms with E-state index in [2.05, 4.69) is 11.9 Å². The number of hydrogen-bond donors (Lipinski definition) is 2. The zero-order valence-corrected chi connectivity index (χ0v) is 4.72. The summed E-state index contributed by atoms with van der Waals surface area (Å²) < 4.78 is 0. The summed E-state index contributed by atoms with van der Waals surface area (Å²) in [6.45, 7) is 4.58. The molecule has 0 saturated heterocycles. The molecule has 1 unspecified atom stereocenters.